The van der Waals surface area contributed by atoms with Crippen LogP contribution in [0, 0.1) is 5.92 Å². The quantitative estimate of drug-likeness (QED) is 0.874. The van der Waals surface area contributed by atoms with E-state index in [0.717, 1.165) is 18.2 Å². The molecule has 0 aliphatic carbocycles. The van der Waals surface area contributed by atoms with Crippen LogP contribution < -0.4 is 15.5 Å². The minimum Gasteiger partial charge on any atom is -0.346 e. The van der Waals surface area contributed by atoms with Crippen LogP contribution >= 0.6 is 22.9 Å². The molecule has 1 aromatic carbocycles. The summed E-state index contributed by atoms with van der Waals surface area (Å²) in [6.45, 7) is 4.23. The standard InChI is InChI=1S/C15H18ClN5OS/c1-10-3-2-8-21(9-10)15-20-19-14(23-15)18-13(22)17-12-6-4-11(16)5-7-12/h4-7,10H,2-3,8-9H2,1H3,(H2,17,18,19,22)/t10-/m0/s1. The van der Waals surface area contributed by atoms with Gasteiger partial charge in [0.1, 0.15) is 0 Å². The van der Waals surface area contributed by atoms with E-state index in [0.29, 0.717) is 21.8 Å². The van der Waals surface area contributed by atoms with Crippen LogP contribution in [0.15, 0.2) is 24.3 Å². The number of anilines is 3. The van der Waals surface area contributed by atoms with Crippen LogP contribution in [0.3, 0.4) is 0 Å². The number of benzene rings is 1. The molecule has 3 rings (SSSR count). The molecule has 2 N–H and O–H groups in total. The van der Waals surface area contributed by atoms with E-state index in [1.165, 1.54) is 24.2 Å². The Balaban J connectivity index is 1.57. The molecular weight excluding hydrogens is 334 g/mol. The Morgan fingerprint density at radius 3 is 2.83 bits per heavy atom. The van der Waals surface area contributed by atoms with Gasteiger partial charge in [-0.05, 0) is 43.0 Å². The van der Waals surface area contributed by atoms with E-state index in [9.17, 15) is 4.79 Å². The number of nitrogens with zero attached hydrogens (tertiary/aromatic N) is 3. The van der Waals surface area contributed by atoms with E-state index in [2.05, 4.69) is 32.7 Å². The lowest BCUT2D eigenvalue weighted by molar-refractivity contribution is 0.262. The first kappa shape index (κ1) is 16.0. The maximum absolute atomic E-state index is 12.0. The summed E-state index contributed by atoms with van der Waals surface area (Å²) in [5, 5.41) is 15.6. The Morgan fingerprint density at radius 1 is 1.30 bits per heavy atom. The zero-order valence-electron chi connectivity index (χ0n) is 12.8. The van der Waals surface area contributed by atoms with Gasteiger partial charge < -0.3 is 10.2 Å². The maximum Gasteiger partial charge on any atom is 0.325 e. The van der Waals surface area contributed by atoms with Gasteiger partial charge in [-0.3, -0.25) is 5.32 Å². The zero-order chi connectivity index (χ0) is 16.2. The molecule has 0 saturated carbocycles. The van der Waals surface area contributed by atoms with Crippen molar-refractivity contribution in [2.24, 2.45) is 5.92 Å². The van der Waals surface area contributed by atoms with Crippen molar-refractivity contribution in [3.63, 3.8) is 0 Å². The summed E-state index contributed by atoms with van der Waals surface area (Å²) in [5.41, 5.74) is 0.668. The number of carbonyl (C=O) groups excluding carboxylic acids is 1. The zero-order valence-corrected chi connectivity index (χ0v) is 14.3. The largest absolute Gasteiger partial charge is 0.346 e. The predicted molar refractivity (Wildman–Crippen MR) is 94.6 cm³/mol. The topological polar surface area (TPSA) is 70.2 Å². The lowest BCUT2D eigenvalue weighted by Crippen LogP contribution is -2.34. The molecule has 1 fully saturated rings. The normalized spacial score (nSPS) is 17.8. The summed E-state index contributed by atoms with van der Waals surface area (Å²) < 4.78 is 0. The van der Waals surface area contributed by atoms with Crippen LogP contribution in [-0.2, 0) is 0 Å². The third-order valence-corrected chi connectivity index (χ3v) is 4.82. The third kappa shape index (κ3) is 4.33. The minimum absolute atomic E-state index is 0.345. The molecule has 1 aromatic heterocycles. The summed E-state index contributed by atoms with van der Waals surface area (Å²) in [6.07, 6.45) is 2.42. The van der Waals surface area contributed by atoms with Crippen molar-refractivity contribution in [3.8, 4) is 0 Å². The second-order valence-corrected chi connectivity index (χ2v) is 7.06. The highest BCUT2D eigenvalue weighted by atomic mass is 35.5. The molecule has 0 bridgehead atoms. The van der Waals surface area contributed by atoms with E-state index in [-0.39, 0.29) is 6.03 Å². The highest BCUT2D eigenvalue weighted by Crippen LogP contribution is 2.28. The lowest BCUT2D eigenvalue weighted by Gasteiger charge is -2.29. The summed E-state index contributed by atoms with van der Waals surface area (Å²) in [6, 6.07) is 6.57. The average molecular weight is 352 g/mol. The van der Waals surface area contributed by atoms with E-state index in [1.54, 1.807) is 24.3 Å². The van der Waals surface area contributed by atoms with Crippen molar-refractivity contribution in [1.82, 2.24) is 10.2 Å². The van der Waals surface area contributed by atoms with Gasteiger partial charge in [-0.2, -0.15) is 0 Å². The fourth-order valence-corrected chi connectivity index (χ4v) is 3.45. The molecule has 122 valence electrons. The number of hydrogen-bond donors (Lipinski definition) is 2. The van der Waals surface area contributed by atoms with Gasteiger partial charge in [-0.1, -0.05) is 29.9 Å². The molecular formula is C15H18ClN5OS. The van der Waals surface area contributed by atoms with Crippen LogP contribution in [0.2, 0.25) is 5.02 Å². The Kier molecular flexibility index (Phi) is 4.97. The van der Waals surface area contributed by atoms with Crippen molar-refractivity contribution in [3.05, 3.63) is 29.3 Å². The first-order valence-electron chi connectivity index (χ1n) is 7.52. The second kappa shape index (κ2) is 7.14. The van der Waals surface area contributed by atoms with E-state index in [4.69, 9.17) is 11.6 Å². The summed E-state index contributed by atoms with van der Waals surface area (Å²) in [5.74, 6) is 0.664. The molecule has 8 heteroatoms. The molecule has 0 radical (unpaired) electrons. The number of piperidine rings is 1. The molecule has 2 heterocycles. The van der Waals surface area contributed by atoms with E-state index >= 15 is 0 Å². The van der Waals surface area contributed by atoms with Crippen LogP contribution in [0.25, 0.3) is 0 Å². The third-order valence-electron chi connectivity index (χ3n) is 3.66. The highest BCUT2D eigenvalue weighted by Gasteiger charge is 2.20. The van der Waals surface area contributed by atoms with E-state index in [1.807, 2.05) is 0 Å². The minimum atomic E-state index is -0.345. The highest BCUT2D eigenvalue weighted by molar-refractivity contribution is 7.19. The fourth-order valence-electron chi connectivity index (χ4n) is 2.55. The number of urea groups is 1. The molecule has 2 amide bonds. The Bertz CT molecular complexity index is 675. The van der Waals surface area contributed by atoms with Crippen molar-refractivity contribution in [2.45, 2.75) is 19.8 Å². The monoisotopic (exact) mass is 351 g/mol. The molecule has 0 unspecified atom stereocenters. The fraction of sp³-hybridized carbons (Fsp3) is 0.400. The Morgan fingerprint density at radius 2 is 2.09 bits per heavy atom. The summed E-state index contributed by atoms with van der Waals surface area (Å²) in [4.78, 5) is 14.2. The molecule has 2 aromatic rings. The van der Waals surface area contributed by atoms with Crippen LogP contribution in [0.1, 0.15) is 19.8 Å². The summed E-state index contributed by atoms with van der Waals surface area (Å²) >= 11 is 7.21. The van der Waals surface area contributed by atoms with Gasteiger partial charge in [0, 0.05) is 23.8 Å². The van der Waals surface area contributed by atoms with Crippen LogP contribution in [0.4, 0.5) is 20.7 Å². The molecule has 1 atom stereocenters. The van der Waals surface area contributed by atoms with Crippen LogP contribution in [0.5, 0.6) is 0 Å². The van der Waals surface area contributed by atoms with Gasteiger partial charge in [0.15, 0.2) is 0 Å². The number of amides is 2. The first-order valence-corrected chi connectivity index (χ1v) is 8.71. The first-order chi connectivity index (χ1) is 11.1. The number of carbonyl (C=O) groups is 1. The van der Waals surface area contributed by atoms with Gasteiger partial charge in [0.05, 0.1) is 0 Å². The molecule has 1 aliphatic rings. The second-order valence-electron chi connectivity index (χ2n) is 5.67. The van der Waals surface area contributed by atoms with Crippen molar-refractivity contribution >= 4 is 44.9 Å². The lowest BCUT2D eigenvalue weighted by atomic mass is 10.0. The van der Waals surface area contributed by atoms with Crippen molar-refractivity contribution < 1.29 is 4.79 Å². The Hall–Kier alpha value is -1.86. The van der Waals surface area contributed by atoms with Crippen molar-refractivity contribution in [1.29, 1.82) is 0 Å². The van der Waals surface area contributed by atoms with Crippen molar-refractivity contribution in [2.75, 3.05) is 28.6 Å². The molecule has 0 spiro atoms. The number of aromatic nitrogens is 2. The van der Waals surface area contributed by atoms with Gasteiger partial charge in [-0.15, -0.1) is 10.2 Å². The number of halogens is 1. The molecule has 1 saturated heterocycles. The number of hydrogen-bond acceptors (Lipinski definition) is 5. The molecule has 1 aliphatic heterocycles. The SMILES string of the molecule is C[C@H]1CCCN(c2nnc(NC(=O)Nc3ccc(Cl)cc3)s2)C1. The Labute approximate surface area is 143 Å². The smallest absolute Gasteiger partial charge is 0.325 e. The molecule has 6 nitrogen and oxygen atoms in total. The van der Waals surface area contributed by atoms with Gasteiger partial charge in [0.2, 0.25) is 10.3 Å². The predicted octanol–water partition coefficient (Wildman–Crippen LogP) is 4.07. The maximum atomic E-state index is 12.0. The van der Waals surface area contributed by atoms with E-state index < -0.39 is 0 Å². The summed E-state index contributed by atoms with van der Waals surface area (Å²) in [7, 11) is 0. The van der Waals surface area contributed by atoms with Crippen LogP contribution in [-0.4, -0.2) is 29.3 Å². The number of nitrogens with one attached hydrogen (secondary N) is 2. The van der Waals surface area contributed by atoms with Gasteiger partial charge >= 0.3 is 6.03 Å². The van der Waals surface area contributed by atoms with Gasteiger partial charge in [0.25, 0.3) is 0 Å². The van der Waals surface area contributed by atoms with Gasteiger partial charge in [-0.25, -0.2) is 4.79 Å². The average Bonchev–Trinajstić information content (AvgIpc) is 2.98. The molecule has 23 heavy (non-hydrogen) atoms. The number of rotatable bonds is 3.